The van der Waals surface area contributed by atoms with Crippen LogP contribution in [0.1, 0.15) is 27.7 Å². The number of ketones is 1. The number of carbonyl (C=O) groups is 2. The van der Waals surface area contributed by atoms with Gasteiger partial charge in [-0.3, -0.25) is 9.59 Å². The van der Waals surface area contributed by atoms with E-state index in [4.69, 9.17) is 16.2 Å². The number of amides is 1. The minimum atomic E-state index is -2.97. The van der Waals surface area contributed by atoms with Gasteiger partial charge in [0.15, 0.2) is 5.13 Å². The van der Waals surface area contributed by atoms with Crippen LogP contribution in [0.2, 0.25) is 0 Å². The highest BCUT2D eigenvalue weighted by Crippen LogP contribution is 2.36. The molecule has 38 heavy (non-hydrogen) atoms. The predicted molar refractivity (Wildman–Crippen MR) is 141 cm³/mol. The van der Waals surface area contributed by atoms with Crippen LogP contribution < -0.4 is 25.8 Å². The predicted octanol–water partition coefficient (Wildman–Crippen LogP) is 5.15. The molecule has 4 N–H and O–H groups in total. The Morgan fingerprint density at radius 2 is 1.61 bits per heavy atom. The van der Waals surface area contributed by atoms with E-state index >= 15 is 0 Å². The topological polar surface area (TPSA) is 121 Å². The standard InChI is InChI=1S/C27H24F2N4O4S/c1-16(25(31)35)33(19-9-13-20(14-10-19)36-15-17-5-3-2-4-6-17)27-32-24(30)23(38-27)22(34)18-7-11-21(12-8-18)37-26(28)29/h2-14,16,26H,15,30H2,1H3,(H2,31,35)/t16-/m0/s1. The van der Waals surface area contributed by atoms with E-state index in [0.29, 0.717) is 18.0 Å². The van der Waals surface area contributed by atoms with Crippen LogP contribution in [0.25, 0.3) is 0 Å². The number of anilines is 3. The molecule has 0 aliphatic heterocycles. The number of rotatable bonds is 11. The number of hydrogen-bond donors (Lipinski definition) is 2. The van der Waals surface area contributed by atoms with Gasteiger partial charge in [-0.1, -0.05) is 41.7 Å². The maximum atomic E-state index is 13.1. The first-order chi connectivity index (χ1) is 18.2. The second kappa shape index (κ2) is 11.7. The van der Waals surface area contributed by atoms with E-state index in [1.54, 1.807) is 36.1 Å². The Morgan fingerprint density at radius 3 is 2.21 bits per heavy atom. The number of thiazole rings is 1. The number of aromatic nitrogens is 1. The number of hydrogen-bond acceptors (Lipinski definition) is 8. The van der Waals surface area contributed by atoms with Crippen LogP contribution in [0.15, 0.2) is 78.9 Å². The fourth-order valence-corrected chi connectivity index (χ4v) is 4.62. The second-order valence-corrected chi connectivity index (χ2v) is 9.14. The smallest absolute Gasteiger partial charge is 0.387 e. The molecule has 0 spiro atoms. The van der Waals surface area contributed by atoms with Gasteiger partial charge in [0.2, 0.25) is 11.7 Å². The molecule has 0 saturated heterocycles. The zero-order valence-corrected chi connectivity index (χ0v) is 21.0. The molecule has 8 nitrogen and oxygen atoms in total. The van der Waals surface area contributed by atoms with Gasteiger partial charge in [0.1, 0.15) is 34.8 Å². The third-order valence-corrected chi connectivity index (χ3v) is 6.63. The fraction of sp³-hybridized carbons (Fsp3) is 0.148. The molecule has 1 amide bonds. The van der Waals surface area contributed by atoms with E-state index in [2.05, 4.69) is 9.72 Å². The summed E-state index contributed by atoms with van der Waals surface area (Å²) < 4.78 is 35.0. The van der Waals surface area contributed by atoms with Gasteiger partial charge in [0, 0.05) is 11.3 Å². The van der Waals surface area contributed by atoms with Crippen molar-refractivity contribution in [3.05, 3.63) is 94.9 Å². The molecule has 1 aromatic heterocycles. The summed E-state index contributed by atoms with van der Waals surface area (Å²) in [6.45, 7) is -0.965. The summed E-state index contributed by atoms with van der Waals surface area (Å²) in [6, 6.07) is 21.2. The van der Waals surface area contributed by atoms with Crippen molar-refractivity contribution in [1.29, 1.82) is 0 Å². The lowest BCUT2D eigenvalue weighted by Gasteiger charge is -2.26. The number of nitrogens with two attached hydrogens (primary N) is 2. The first-order valence-corrected chi connectivity index (χ1v) is 12.3. The number of nitrogen functional groups attached to an aromatic ring is 1. The fourth-order valence-electron chi connectivity index (χ4n) is 3.58. The van der Waals surface area contributed by atoms with Gasteiger partial charge < -0.3 is 25.8 Å². The molecule has 0 saturated carbocycles. The van der Waals surface area contributed by atoms with Gasteiger partial charge in [-0.05, 0) is 61.0 Å². The van der Waals surface area contributed by atoms with Gasteiger partial charge in [0.05, 0.1) is 0 Å². The summed E-state index contributed by atoms with van der Waals surface area (Å²) in [4.78, 5) is 31.3. The Bertz CT molecular complexity index is 1400. The molecular weight excluding hydrogens is 514 g/mol. The quantitative estimate of drug-likeness (QED) is 0.253. The van der Waals surface area contributed by atoms with Gasteiger partial charge in [-0.15, -0.1) is 0 Å². The highest BCUT2D eigenvalue weighted by atomic mass is 32.1. The Kier molecular flexibility index (Phi) is 8.17. The average Bonchev–Trinajstić information content (AvgIpc) is 3.29. The van der Waals surface area contributed by atoms with E-state index in [1.807, 2.05) is 30.3 Å². The number of primary amides is 1. The minimum Gasteiger partial charge on any atom is -0.489 e. The van der Waals surface area contributed by atoms with E-state index in [-0.39, 0.29) is 27.1 Å². The molecule has 0 aliphatic carbocycles. The summed E-state index contributed by atoms with van der Waals surface area (Å²) in [5, 5.41) is 0.285. The monoisotopic (exact) mass is 538 g/mol. The number of nitrogens with zero attached hydrogens (tertiary/aromatic N) is 2. The van der Waals surface area contributed by atoms with Crippen molar-refractivity contribution >= 4 is 39.7 Å². The Hall–Kier alpha value is -4.51. The van der Waals surface area contributed by atoms with Crippen molar-refractivity contribution in [1.82, 2.24) is 4.98 Å². The van der Waals surface area contributed by atoms with Crippen LogP contribution >= 0.6 is 11.3 Å². The highest BCUT2D eigenvalue weighted by molar-refractivity contribution is 7.18. The first kappa shape index (κ1) is 26.6. The van der Waals surface area contributed by atoms with Gasteiger partial charge in [-0.2, -0.15) is 8.78 Å². The summed E-state index contributed by atoms with van der Waals surface area (Å²) in [5.74, 6) is -0.547. The molecule has 0 unspecified atom stereocenters. The number of ether oxygens (including phenoxy) is 2. The zero-order valence-electron chi connectivity index (χ0n) is 20.2. The largest absolute Gasteiger partial charge is 0.489 e. The third-order valence-electron chi connectivity index (χ3n) is 5.56. The van der Waals surface area contributed by atoms with Crippen molar-refractivity contribution < 1.29 is 27.8 Å². The van der Waals surface area contributed by atoms with Crippen molar-refractivity contribution in [2.75, 3.05) is 10.6 Å². The van der Waals surface area contributed by atoms with E-state index in [9.17, 15) is 18.4 Å². The molecule has 1 atom stereocenters. The summed E-state index contributed by atoms with van der Waals surface area (Å²) in [5.41, 5.74) is 13.5. The van der Waals surface area contributed by atoms with Crippen LogP contribution in [0.3, 0.4) is 0 Å². The van der Waals surface area contributed by atoms with Gasteiger partial charge in [0.25, 0.3) is 0 Å². The zero-order chi connectivity index (χ0) is 27.2. The van der Waals surface area contributed by atoms with Crippen LogP contribution in [-0.4, -0.2) is 29.3 Å². The molecule has 0 fully saturated rings. The number of benzene rings is 3. The van der Waals surface area contributed by atoms with Crippen molar-refractivity contribution in [3.8, 4) is 11.5 Å². The molecule has 1 heterocycles. The molecule has 0 radical (unpaired) electrons. The Labute approximate surface area is 221 Å². The minimum absolute atomic E-state index is 0.0348. The molecule has 0 bridgehead atoms. The van der Waals surface area contributed by atoms with Crippen LogP contribution in [0.4, 0.5) is 25.4 Å². The van der Waals surface area contributed by atoms with Crippen molar-refractivity contribution in [2.45, 2.75) is 26.2 Å². The maximum absolute atomic E-state index is 13.1. The molecule has 4 rings (SSSR count). The number of carbonyl (C=O) groups excluding carboxylic acids is 2. The average molecular weight is 539 g/mol. The van der Waals surface area contributed by atoms with Crippen LogP contribution in [0, 0.1) is 0 Å². The molecule has 0 aliphatic rings. The third kappa shape index (κ3) is 6.24. The maximum Gasteiger partial charge on any atom is 0.387 e. The Balaban J connectivity index is 1.57. The molecule has 196 valence electrons. The van der Waals surface area contributed by atoms with E-state index in [0.717, 1.165) is 16.9 Å². The molecule has 11 heteroatoms. The lowest BCUT2D eigenvalue weighted by atomic mass is 10.1. The molecule has 3 aromatic carbocycles. The van der Waals surface area contributed by atoms with E-state index < -0.39 is 24.3 Å². The number of alkyl halides is 2. The lowest BCUT2D eigenvalue weighted by molar-refractivity contribution is -0.118. The normalized spacial score (nSPS) is 11.7. The van der Waals surface area contributed by atoms with Crippen molar-refractivity contribution in [3.63, 3.8) is 0 Å². The number of halogens is 2. The lowest BCUT2D eigenvalue weighted by Crippen LogP contribution is -2.39. The van der Waals surface area contributed by atoms with Gasteiger partial charge >= 0.3 is 6.61 Å². The van der Waals surface area contributed by atoms with Crippen LogP contribution in [0.5, 0.6) is 11.5 Å². The molecule has 4 aromatic rings. The van der Waals surface area contributed by atoms with E-state index in [1.165, 1.54) is 24.3 Å². The molecular formula is C27H24F2N4O4S. The highest BCUT2D eigenvalue weighted by Gasteiger charge is 2.27. The summed E-state index contributed by atoms with van der Waals surface area (Å²) >= 11 is 0.988. The Morgan fingerprint density at radius 1 is 0.974 bits per heavy atom. The van der Waals surface area contributed by atoms with Gasteiger partial charge in [-0.25, -0.2) is 4.98 Å². The summed E-state index contributed by atoms with van der Waals surface area (Å²) in [7, 11) is 0. The first-order valence-electron chi connectivity index (χ1n) is 11.4. The van der Waals surface area contributed by atoms with Crippen LogP contribution in [-0.2, 0) is 11.4 Å². The van der Waals surface area contributed by atoms with Crippen molar-refractivity contribution in [2.24, 2.45) is 5.73 Å². The second-order valence-electron chi connectivity index (χ2n) is 8.16. The summed E-state index contributed by atoms with van der Waals surface area (Å²) in [6.07, 6.45) is 0. The SMILES string of the molecule is C[C@@H](C(N)=O)N(c1ccc(OCc2ccccc2)cc1)c1nc(N)c(C(=O)c2ccc(OC(F)F)cc2)s1.